The van der Waals surface area contributed by atoms with Crippen LogP contribution in [0.15, 0.2) is 12.4 Å². The SMILES string of the molecule is CCc1nccn1C1CCCN(S(=O)(=O)CCC(F)(F)F)C1. The fourth-order valence-electron chi connectivity index (χ4n) is 2.72. The Hall–Kier alpha value is -1.09. The number of hydrogen-bond acceptors (Lipinski definition) is 3. The zero-order chi connectivity index (χ0) is 16.4. The molecular weight excluding hydrogens is 319 g/mol. The van der Waals surface area contributed by atoms with Gasteiger partial charge < -0.3 is 4.57 Å². The summed E-state index contributed by atoms with van der Waals surface area (Å²) >= 11 is 0. The summed E-state index contributed by atoms with van der Waals surface area (Å²) in [6, 6.07) is -0.0631. The molecule has 0 radical (unpaired) electrons. The summed E-state index contributed by atoms with van der Waals surface area (Å²) in [6.45, 7) is 2.45. The summed E-state index contributed by atoms with van der Waals surface area (Å²) in [5, 5.41) is 0. The Morgan fingerprint density at radius 3 is 2.77 bits per heavy atom. The summed E-state index contributed by atoms with van der Waals surface area (Å²) in [6.07, 6.45) is -0.134. The molecule has 1 aromatic heterocycles. The molecule has 1 aliphatic heterocycles. The van der Waals surface area contributed by atoms with Crippen molar-refractivity contribution in [1.82, 2.24) is 13.9 Å². The zero-order valence-corrected chi connectivity index (χ0v) is 13.2. The van der Waals surface area contributed by atoms with Gasteiger partial charge in [-0.15, -0.1) is 0 Å². The highest BCUT2D eigenvalue weighted by atomic mass is 32.2. The van der Waals surface area contributed by atoms with E-state index in [-0.39, 0.29) is 19.1 Å². The van der Waals surface area contributed by atoms with Crippen molar-refractivity contribution >= 4 is 10.0 Å². The van der Waals surface area contributed by atoms with Crippen LogP contribution in [0.2, 0.25) is 0 Å². The number of rotatable bonds is 5. The highest BCUT2D eigenvalue weighted by Gasteiger charge is 2.35. The fraction of sp³-hybridized carbons (Fsp3) is 0.769. The standard InChI is InChI=1S/C13H20F3N3O2S/c1-2-12-17-6-8-19(12)11-4-3-7-18(10-11)22(20,21)9-5-13(14,15)16/h6,8,11H,2-5,7,9-10H2,1H3. The molecule has 2 rings (SSSR count). The van der Waals surface area contributed by atoms with Crippen molar-refractivity contribution in [3.05, 3.63) is 18.2 Å². The van der Waals surface area contributed by atoms with E-state index in [2.05, 4.69) is 4.98 Å². The smallest absolute Gasteiger partial charge is 0.331 e. The Morgan fingerprint density at radius 2 is 2.14 bits per heavy atom. The van der Waals surface area contributed by atoms with Crippen LogP contribution in [0.3, 0.4) is 0 Å². The first-order valence-corrected chi connectivity index (χ1v) is 8.90. The number of aryl methyl sites for hydroxylation is 1. The Balaban J connectivity index is 2.07. The molecule has 1 aliphatic rings. The molecule has 9 heteroatoms. The molecule has 1 fully saturated rings. The maximum atomic E-state index is 12.3. The molecule has 2 heterocycles. The summed E-state index contributed by atoms with van der Waals surface area (Å²) in [7, 11) is -3.88. The molecule has 1 atom stereocenters. The number of piperidine rings is 1. The normalized spacial score (nSPS) is 21.2. The molecule has 0 spiro atoms. The van der Waals surface area contributed by atoms with Gasteiger partial charge >= 0.3 is 6.18 Å². The Labute approximate surface area is 128 Å². The van der Waals surface area contributed by atoms with E-state index in [4.69, 9.17) is 0 Å². The zero-order valence-electron chi connectivity index (χ0n) is 12.4. The predicted octanol–water partition coefficient (Wildman–Crippen LogP) is 2.36. The summed E-state index contributed by atoms with van der Waals surface area (Å²) in [4.78, 5) is 4.21. The largest absolute Gasteiger partial charge is 0.390 e. The lowest BCUT2D eigenvalue weighted by Gasteiger charge is -2.33. The van der Waals surface area contributed by atoms with Gasteiger partial charge in [-0.25, -0.2) is 13.4 Å². The Kier molecular flexibility index (Phi) is 5.16. The van der Waals surface area contributed by atoms with Crippen LogP contribution in [-0.4, -0.2) is 47.3 Å². The number of aromatic nitrogens is 2. The third-order valence-corrected chi connectivity index (χ3v) is 5.69. The second-order valence-electron chi connectivity index (χ2n) is 5.44. The van der Waals surface area contributed by atoms with E-state index in [9.17, 15) is 21.6 Å². The molecule has 1 saturated heterocycles. The average Bonchev–Trinajstić information content (AvgIpc) is 2.93. The van der Waals surface area contributed by atoms with E-state index in [0.29, 0.717) is 6.42 Å². The molecule has 0 aromatic carbocycles. The van der Waals surface area contributed by atoms with Crippen molar-refractivity contribution in [2.75, 3.05) is 18.8 Å². The summed E-state index contributed by atoms with van der Waals surface area (Å²) < 4.78 is 64.1. The third-order valence-electron chi connectivity index (χ3n) is 3.85. The van der Waals surface area contributed by atoms with E-state index in [1.54, 1.807) is 12.4 Å². The van der Waals surface area contributed by atoms with Gasteiger partial charge in [-0.05, 0) is 12.8 Å². The van der Waals surface area contributed by atoms with Gasteiger partial charge in [-0.3, -0.25) is 0 Å². The van der Waals surface area contributed by atoms with E-state index >= 15 is 0 Å². The molecule has 0 aliphatic carbocycles. The highest BCUT2D eigenvalue weighted by Crippen LogP contribution is 2.27. The van der Waals surface area contributed by atoms with Gasteiger partial charge in [-0.1, -0.05) is 6.92 Å². The van der Waals surface area contributed by atoms with E-state index in [0.717, 1.165) is 18.7 Å². The summed E-state index contributed by atoms with van der Waals surface area (Å²) in [5.41, 5.74) is 0. The first-order valence-electron chi connectivity index (χ1n) is 7.29. The van der Waals surface area contributed by atoms with Gasteiger partial charge in [-0.2, -0.15) is 17.5 Å². The minimum absolute atomic E-state index is 0.0631. The Bertz CT molecular complexity index is 598. The van der Waals surface area contributed by atoms with Crippen molar-refractivity contribution in [3.8, 4) is 0 Å². The molecule has 1 unspecified atom stereocenters. The lowest BCUT2D eigenvalue weighted by Crippen LogP contribution is -2.42. The molecule has 5 nitrogen and oxygen atoms in total. The van der Waals surface area contributed by atoms with Crippen LogP contribution < -0.4 is 0 Å². The topological polar surface area (TPSA) is 55.2 Å². The van der Waals surface area contributed by atoms with Gasteiger partial charge in [0.1, 0.15) is 5.82 Å². The second-order valence-corrected chi connectivity index (χ2v) is 7.53. The van der Waals surface area contributed by atoms with Crippen molar-refractivity contribution in [2.45, 2.75) is 44.8 Å². The van der Waals surface area contributed by atoms with Gasteiger partial charge in [0.25, 0.3) is 0 Å². The number of alkyl halides is 3. The summed E-state index contributed by atoms with van der Waals surface area (Å²) in [5.74, 6) is -0.0205. The number of imidazole rings is 1. The first kappa shape index (κ1) is 17.3. The van der Waals surface area contributed by atoms with Crippen LogP contribution in [-0.2, 0) is 16.4 Å². The number of halogens is 3. The van der Waals surface area contributed by atoms with Crippen LogP contribution in [0.4, 0.5) is 13.2 Å². The van der Waals surface area contributed by atoms with Crippen LogP contribution in [0.25, 0.3) is 0 Å². The predicted molar refractivity (Wildman–Crippen MR) is 75.9 cm³/mol. The van der Waals surface area contributed by atoms with Crippen LogP contribution >= 0.6 is 0 Å². The van der Waals surface area contributed by atoms with E-state index in [1.165, 1.54) is 4.31 Å². The monoisotopic (exact) mass is 339 g/mol. The lowest BCUT2D eigenvalue weighted by molar-refractivity contribution is -0.130. The minimum Gasteiger partial charge on any atom is -0.331 e. The van der Waals surface area contributed by atoms with Crippen LogP contribution in [0.1, 0.15) is 38.1 Å². The molecular formula is C13H20F3N3O2S. The molecule has 0 saturated carbocycles. The minimum atomic E-state index is -4.46. The number of hydrogen-bond donors (Lipinski definition) is 0. The van der Waals surface area contributed by atoms with Crippen LogP contribution in [0.5, 0.6) is 0 Å². The third kappa shape index (κ3) is 4.22. The molecule has 0 N–H and O–H groups in total. The Morgan fingerprint density at radius 1 is 1.41 bits per heavy atom. The van der Waals surface area contributed by atoms with E-state index in [1.807, 2.05) is 11.5 Å². The first-order chi connectivity index (χ1) is 10.2. The van der Waals surface area contributed by atoms with Crippen molar-refractivity contribution in [2.24, 2.45) is 0 Å². The molecule has 0 bridgehead atoms. The fourth-order valence-corrected chi connectivity index (χ4v) is 4.28. The molecule has 22 heavy (non-hydrogen) atoms. The van der Waals surface area contributed by atoms with Crippen molar-refractivity contribution < 1.29 is 21.6 Å². The maximum Gasteiger partial charge on any atom is 0.390 e. The maximum absolute atomic E-state index is 12.3. The second kappa shape index (κ2) is 6.57. The van der Waals surface area contributed by atoms with Gasteiger partial charge in [0, 0.05) is 37.9 Å². The molecule has 126 valence electrons. The van der Waals surface area contributed by atoms with Gasteiger partial charge in [0.2, 0.25) is 10.0 Å². The molecule has 0 amide bonds. The van der Waals surface area contributed by atoms with Crippen LogP contribution in [0, 0.1) is 0 Å². The van der Waals surface area contributed by atoms with E-state index < -0.39 is 28.4 Å². The van der Waals surface area contributed by atoms with Crippen molar-refractivity contribution in [3.63, 3.8) is 0 Å². The molecule has 1 aromatic rings. The number of sulfonamides is 1. The quantitative estimate of drug-likeness (QED) is 0.827. The lowest BCUT2D eigenvalue weighted by atomic mass is 10.1. The highest BCUT2D eigenvalue weighted by molar-refractivity contribution is 7.89. The van der Waals surface area contributed by atoms with Gasteiger partial charge in [0.05, 0.1) is 12.2 Å². The van der Waals surface area contributed by atoms with Gasteiger partial charge in [0.15, 0.2) is 0 Å². The number of nitrogens with zero attached hydrogens (tertiary/aromatic N) is 3. The van der Waals surface area contributed by atoms with Crippen molar-refractivity contribution in [1.29, 1.82) is 0 Å². The average molecular weight is 339 g/mol.